The first-order valence-corrected chi connectivity index (χ1v) is 7.70. The van der Waals surface area contributed by atoms with E-state index < -0.39 is 23.0 Å². The van der Waals surface area contributed by atoms with Gasteiger partial charge in [-0.3, -0.25) is 19.6 Å². The van der Waals surface area contributed by atoms with Gasteiger partial charge in [-0.25, -0.2) is 14.2 Å². The summed E-state index contributed by atoms with van der Waals surface area (Å²) < 4.78 is 18.8. The molecule has 0 aliphatic heterocycles. The van der Waals surface area contributed by atoms with Crippen LogP contribution >= 0.6 is 0 Å². The normalized spacial score (nSPS) is 10.7. The molecule has 0 atom stereocenters. The molecule has 0 radical (unpaired) electrons. The fourth-order valence-electron chi connectivity index (χ4n) is 2.53. The fraction of sp³-hybridized carbons (Fsp3) is 0.176. The Morgan fingerprint density at radius 3 is 2.77 bits per heavy atom. The highest BCUT2D eigenvalue weighted by Gasteiger charge is 2.15. The summed E-state index contributed by atoms with van der Waals surface area (Å²) in [5.41, 5.74) is -0.0690. The van der Waals surface area contributed by atoms with Crippen LogP contribution < -0.4 is 16.6 Å². The zero-order valence-electron chi connectivity index (χ0n) is 13.8. The Balaban J connectivity index is 2.07. The third kappa shape index (κ3) is 3.61. The van der Waals surface area contributed by atoms with Crippen LogP contribution in [0.25, 0.3) is 11.0 Å². The van der Waals surface area contributed by atoms with Crippen LogP contribution in [0.15, 0.2) is 40.1 Å². The van der Waals surface area contributed by atoms with Crippen LogP contribution in [-0.4, -0.2) is 20.9 Å². The topological polar surface area (TPSA) is 117 Å². The van der Waals surface area contributed by atoms with Crippen LogP contribution in [0.1, 0.15) is 18.1 Å². The number of hydrogen-bond donors (Lipinski definition) is 3. The van der Waals surface area contributed by atoms with Gasteiger partial charge in [-0.1, -0.05) is 12.1 Å². The first-order valence-electron chi connectivity index (χ1n) is 7.70. The van der Waals surface area contributed by atoms with Crippen LogP contribution in [0.4, 0.5) is 10.1 Å². The minimum atomic E-state index is -0.684. The quantitative estimate of drug-likeness (QED) is 0.594. The maximum Gasteiger partial charge on any atom is 0.327 e. The lowest BCUT2D eigenvalue weighted by Gasteiger charge is -2.13. The highest BCUT2D eigenvalue weighted by molar-refractivity contribution is 5.79. The van der Waals surface area contributed by atoms with Gasteiger partial charge in [0.15, 0.2) is 0 Å². The van der Waals surface area contributed by atoms with Crippen molar-refractivity contribution in [3.8, 4) is 0 Å². The number of aromatic nitrogens is 3. The lowest BCUT2D eigenvalue weighted by atomic mass is 10.1. The molecule has 3 aromatic rings. The second-order valence-corrected chi connectivity index (χ2v) is 5.51. The van der Waals surface area contributed by atoms with Crippen LogP contribution in [0, 0.1) is 5.82 Å². The molecule has 2 aromatic heterocycles. The van der Waals surface area contributed by atoms with E-state index in [0.717, 1.165) is 0 Å². The van der Waals surface area contributed by atoms with Crippen LogP contribution in [0.2, 0.25) is 0 Å². The zero-order valence-corrected chi connectivity index (χ0v) is 13.8. The van der Waals surface area contributed by atoms with Crippen molar-refractivity contribution < 1.29 is 13.9 Å². The summed E-state index contributed by atoms with van der Waals surface area (Å²) in [5.74, 6) is -0.941. The molecule has 26 heavy (non-hydrogen) atoms. The molecule has 3 N–H and O–H groups in total. The number of H-pyrrole nitrogens is 2. The van der Waals surface area contributed by atoms with Crippen LogP contribution in [0.3, 0.4) is 0 Å². The number of halogens is 1. The summed E-state index contributed by atoms with van der Waals surface area (Å²) in [7, 11) is 0. The Morgan fingerprint density at radius 2 is 2.04 bits per heavy atom. The van der Waals surface area contributed by atoms with E-state index in [2.05, 4.69) is 20.3 Å². The number of rotatable bonds is 5. The van der Waals surface area contributed by atoms with Gasteiger partial charge < -0.3 is 10.1 Å². The van der Waals surface area contributed by atoms with Gasteiger partial charge in [-0.15, -0.1) is 0 Å². The van der Waals surface area contributed by atoms with Crippen molar-refractivity contribution in [3.63, 3.8) is 0 Å². The average molecular weight is 358 g/mol. The molecule has 0 aliphatic rings. The Labute approximate surface area is 146 Å². The predicted molar refractivity (Wildman–Crippen MR) is 92.2 cm³/mol. The third-order valence-electron chi connectivity index (χ3n) is 3.72. The van der Waals surface area contributed by atoms with E-state index in [0.29, 0.717) is 11.1 Å². The van der Waals surface area contributed by atoms with Gasteiger partial charge in [0.05, 0.1) is 11.1 Å². The number of carbonyl (C=O) groups excluding carboxylic acids is 1. The Hall–Kier alpha value is -3.49. The first kappa shape index (κ1) is 17.3. The smallest absolute Gasteiger partial charge is 0.327 e. The number of pyridine rings is 1. The number of esters is 1. The minimum absolute atomic E-state index is 0.0612. The van der Waals surface area contributed by atoms with Crippen molar-refractivity contribution in [2.45, 2.75) is 20.1 Å². The number of hydrogen-bond acceptors (Lipinski definition) is 6. The van der Waals surface area contributed by atoms with Crippen molar-refractivity contribution in [1.82, 2.24) is 15.0 Å². The average Bonchev–Trinajstić information content (AvgIpc) is 2.59. The van der Waals surface area contributed by atoms with E-state index in [1.165, 1.54) is 19.2 Å². The molecule has 0 fully saturated rings. The van der Waals surface area contributed by atoms with Crippen molar-refractivity contribution in [1.29, 1.82) is 0 Å². The molecule has 134 valence electrons. The van der Waals surface area contributed by atoms with E-state index in [1.807, 2.05) is 0 Å². The molecule has 8 nitrogen and oxygen atoms in total. The summed E-state index contributed by atoms with van der Waals surface area (Å²) in [6.45, 7) is 1.22. The number of carbonyl (C=O) groups is 1. The van der Waals surface area contributed by atoms with Crippen molar-refractivity contribution in [3.05, 3.63) is 68.2 Å². The Kier molecular flexibility index (Phi) is 4.78. The second-order valence-electron chi connectivity index (χ2n) is 5.51. The lowest BCUT2D eigenvalue weighted by Crippen LogP contribution is -2.24. The minimum Gasteiger partial charge on any atom is -0.461 e. The first-order chi connectivity index (χ1) is 12.5. The van der Waals surface area contributed by atoms with Gasteiger partial charge in [0, 0.05) is 25.2 Å². The van der Waals surface area contributed by atoms with Crippen LogP contribution in [-0.2, 0) is 22.7 Å². The lowest BCUT2D eigenvalue weighted by molar-refractivity contribution is -0.142. The summed E-state index contributed by atoms with van der Waals surface area (Å²) in [6.07, 6.45) is 1.40. The standard InChI is InChI=1S/C17H15FN4O4/c1-9(23)26-8-10-6-20-15-14(16(24)22-17(25)21-15)11(10)7-19-13-5-3-2-4-12(13)18/h2-6,19H,7-8H2,1H3,(H2,20,21,22,24,25). The number of benzene rings is 1. The molecule has 0 bridgehead atoms. The van der Waals surface area contributed by atoms with E-state index in [1.54, 1.807) is 18.2 Å². The number of ether oxygens (including phenoxy) is 1. The number of anilines is 1. The van der Waals surface area contributed by atoms with E-state index in [4.69, 9.17) is 4.74 Å². The molecule has 0 amide bonds. The maximum absolute atomic E-state index is 13.8. The van der Waals surface area contributed by atoms with Gasteiger partial charge in [-0.05, 0) is 17.7 Å². The maximum atomic E-state index is 13.8. The molecule has 2 heterocycles. The molecule has 0 saturated heterocycles. The third-order valence-corrected chi connectivity index (χ3v) is 3.72. The molecule has 0 spiro atoms. The van der Waals surface area contributed by atoms with Gasteiger partial charge in [0.25, 0.3) is 5.56 Å². The highest BCUT2D eigenvalue weighted by Crippen LogP contribution is 2.20. The van der Waals surface area contributed by atoms with E-state index in [9.17, 15) is 18.8 Å². The monoisotopic (exact) mass is 358 g/mol. The molecular formula is C17H15FN4O4. The van der Waals surface area contributed by atoms with Gasteiger partial charge in [0.2, 0.25) is 0 Å². The number of nitrogens with one attached hydrogen (secondary N) is 3. The van der Waals surface area contributed by atoms with Crippen molar-refractivity contribution in [2.75, 3.05) is 5.32 Å². The molecule has 3 rings (SSSR count). The predicted octanol–water partition coefficient (Wildman–Crippen LogP) is 1.43. The molecule has 0 aliphatic carbocycles. The number of aromatic amines is 2. The number of nitrogens with zero attached hydrogens (tertiary/aromatic N) is 1. The van der Waals surface area contributed by atoms with Gasteiger partial charge in [0.1, 0.15) is 18.1 Å². The number of fused-ring (bicyclic) bond motifs is 1. The summed E-state index contributed by atoms with van der Waals surface area (Å²) in [5, 5.41) is 3.04. The Morgan fingerprint density at radius 1 is 1.27 bits per heavy atom. The zero-order chi connectivity index (χ0) is 18.7. The van der Waals surface area contributed by atoms with E-state index >= 15 is 0 Å². The van der Waals surface area contributed by atoms with Crippen molar-refractivity contribution >= 4 is 22.7 Å². The summed E-state index contributed by atoms with van der Waals surface area (Å²) in [4.78, 5) is 43.4. The summed E-state index contributed by atoms with van der Waals surface area (Å²) in [6, 6.07) is 6.08. The summed E-state index contributed by atoms with van der Waals surface area (Å²) >= 11 is 0. The Bertz CT molecular complexity index is 1090. The second kappa shape index (κ2) is 7.18. The largest absolute Gasteiger partial charge is 0.461 e. The number of para-hydroxylation sites is 1. The molecule has 0 saturated carbocycles. The molecule has 1 aromatic carbocycles. The van der Waals surface area contributed by atoms with E-state index in [-0.39, 0.29) is 29.9 Å². The SMILES string of the molecule is CC(=O)OCc1cnc2[nH]c(=O)[nH]c(=O)c2c1CNc1ccccc1F. The molecule has 9 heteroatoms. The molecule has 0 unspecified atom stereocenters. The van der Waals surface area contributed by atoms with Crippen LogP contribution in [0.5, 0.6) is 0 Å². The fourth-order valence-corrected chi connectivity index (χ4v) is 2.53. The van der Waals surface area contributed by atoms with Gasteiger partial charge >= 0.3 is 11.7 Å². The van der Waals surface area contributed by atoms with Gasteiger partial charge in [-0.2, -0.15) is 0 Å². The van der Waals surface area contributed by atoms with Crippen molar-refractivity contribution in [2.24, 2.45) is 0 Å². The molecular weight excluding hydrogens is 343 g/mol. The highest BCUT2D eigenvalue weighted by atomic mass is 19.1.